The Kier molecular flexibility index (Phi) is 3.38. The number of hydrogen-bond acceptors (Lipinski definition) is 4. The second-order valence-electron chi connectivity index (χ2n) is 5.43. The van der Waals surface area contributed by atoms with E-state index in [0.717, 1.165) is 19.4 Å². The number of likely N-dealkylation sites (N-methyl/N-ethyl adjacent to an activating group) is 1. The van der Waals surface area contributed by atoms with E-state index in [2.05, 4.69) is 10.3 Å². The topological polar surface area (TPSA) is 77.0 Å². The zero-order valence-electron chi connectivity index (χ0n) is 11.3. The predicted molar refractivity (Wildman–Crippen MR) is 67.6 cm³/mol. The fourth-order valence-corrected chi connectivity index (χ4v) is 1.92. The predicted octanol–water partition coefficient (Wildman–Crippen LogP) is 0.483. The minimum Gasteiger partial charge on any atom is -0.338 e. The van der Waals surface area contributed by atoms with E-state index < -0.39 is 5.54 Å². The average molecular weight is 251 g/mol. The Labute approximate surface area is 107 Å². The molecule has 2 rings (SSSR count). The number of aromatic nitrogens is 3. The van der Waals surface area contributed by atoms with E-state index in [0.29, 0.717) is 11.7 Å². The summed E-state index contributed by atoms with van der Waals surface area (Å²) in [6, 6.07) is 0.441. The SMILES string of the molecule is CCN(C(=O)Cn1cc(C(C)(C)N)nn1)C1CC1. The van der Waals surface area contributed by atoms with Crippen LogP contribution in [0.5, 0.6) is 0 Å². The van der Waals surface area contributed by atoms with Gasteiger partial charge in [0.2, 0.25) is 5.91 Å². The molecule has 1 aliphatic rings. The number of nitrogens with two attached hydrogens (primary N) is 1. The molecule has 0 unspecified atom stereocenters. The van der Waals surface area contributed by atoms with Gasteiger partial charge in [-0.2, -0.15) is 0 Å². The van der Waals surface area contributed by atoms with Gasteiger partial charge in [0.25, 0.3) is 0 Å². The van der Waals surface area contributed by atoms with Crippen LogP contribution in [0.15, 0.2) is 6.20 Å². The molecular formula is C12H21N5O. The van der Waals surface area contributed by atoms with E-state index in [4.69, 9.17) is 5.73 Å². The van der Waals surface area contributed by atoms with Gasteiger partial charge in [0.15, 0.2) is 0 Å². The molecule has 0 aliphatic heterocycles. The minimum absolute atomic E-state index is 0.103. The van der Waals surface area contributed by atoms with Crippen molar-refractivity contribution in [3.8, 4) is 0 Å². The van der Waals surface area contributed by atoms with Crippen molar-refractivity contribution in [3.63, 3.8) is 0 Å². The first kappa shape index (κ1) is 13.0. The van der Waals surface area contributed by atoms with E-state index in [9.17, 15) is 4.79 Å². The molecule has 2 N–H and O–H groups in total. The van der Waals surface area contributed by atoms with Crippen LogP contribution < -0.4 is 5.73 Å². The van der Waals surface area contributed by atoms with E-state index in [1.165, 1.54) is 0 Å². The van der Waals surface area contributed by atoms with Crippen molar-refractivity contribution in [3.05, 3.63) is 11.9 Å². The first-order valence-electron chi connectivity index (χ1n) is 6.40. The molecule has 0 radical (unpaired) electrons. The first-order valence-corrected chi connectivity index (χ1v) is 6.40. The van der Waals surface area contributed by atoms with Gasteiger partial charge in [-0.05, 0) is 33.6 Å². The van der Waals surface area contributed by atoms with Crippen molar-refractivity contribution in [1.29, 1.82) is 0 Å². The van der Waals surface area contributed by atoms with Gasteiger partial charge in [-0.15, -0.1) is 5.10 Å². The van der Waals surface area contributed by atoms with Gasteiger partial charge in [-0.3, -0.25) is 4.79 Å². The van der Waals surface area contributed by atoms with Crippen molar-refractivity contribution in [1.82, 2.24) is 19.9 Å². The molecule has 6 nitrogen and oxygen atoms in total. The summed E-state index contributed by atoms with van der Waals surface area (Å²) in [6.07, 6.45) is 3.99. The Bertz CT molecular complexity index is 430. The number of rotatable bonds is 5. The molecule has 1 aliphatic carbocycles. The Balaban J connectivity index is 2.00. The number of hydrogen-bond donors (Lipinski definition) is 1. The molecule has 100 valence electrons. The zero-order chi connectivity index (χ0) is 13.3. The molecule has 1 amide bonds. The van der Waals surface area contributed by atoms with Crippen LogP contribution in [0.2, 0.25) is 0 Å². The fourth-order valence-electron chi connectivity index (χ4n) is 1.92. The quantitative estimate of drug-likeness (QED) is 0.826. The van der Waals surface area contributed by atoms with Crippen LogP contribution in [0.3, 0.4) is 0 Å². The van der Waals surface area contributed by atoms with Crippen molar-refractivity contribution < 1.29 is 4.79 Å². The van der Waals surface area contributed by atoms with Crippen molar-refractivity contribution in [2.24, 2.45) is 5.73 Å². The van der Waals surface area contributed by atoms with Crippen LogP contribution in [-0.4, -0.2) is 38.4 Å². The lowest BCUT2D eigenvalue weighted by Gasteiger charge is -2.20. The maximum Gasteiger partial charge on any atom is 0.244 e. The lowest BCUT2D eigenvalue weighted by molar-refractivity contribution is -0.132. The summed E-state index contributed by atoms with van der Waals surface area (Å²) in [6.45, 7) is 6.74. The van der Waals surface area contributed by atoms with Crippen LogP contribution >= 0.6 is 0 Å². The lowest BCUT2D eigenvalue weighted by Crippen LogP contribution is -2.35. The Morgan fingerprint density at radius 3 is 2.72 bits per heavy atom. The first-order chi connectivity index (χ1) is 8.41. The van der Waals surface area contributed by atoms with Crippen LogP contribution in [-0.2, 0) is 16.9 Å². The van der Waals surface area contributed by atoms with Crippen molar-refractivity contribution >= 4 is 5.91 Å². The highest BCUT2D eigenvalue weighted by atomic mass is 16.2. The summed E-state index contributed by atoms with van der Waals surface area (Å²) in [5, 5.41) is 7.96. The fraction of sp³-hybridized carbons (Fsp3) is 0.750. The van der Waals surface area contributed by atoms with E-state index in [1.807, 2.05) is 25.7 Å². The normalized spacial score (nSPS) is 15.8. The average Bonchev–Trinajstić information content (AvgIpc) is 2.97. The summed E-state index contributed by atoms with van der Waals surface area (Å²) >= 11 is 0. The monoisotopic (exact) mass is 251 g/mol. The third kappa shape index (κ3) is 2.87. The van der Waals surface area contributed by atoms with Gasteiger partial charge in [-0.1, -0.05) is 5.21 Å². The zero-order valence-corrected chi connectivity index (χ0v) is 11.3. The van der Waals surface area contributed by atoms with Crippen LogP contribution in [0, 0.1) is 0 Å². The Morgan fingerprint density at radius 1 is 1.61 bits per heavy atom. The summed E-state index contributed by atoms with van der Waals surface area (Å²) in [7, 11) is 0. The van der Waals surface area contributed by atoms with Gasteiger partial charge in [-0.25, -0.2) is 4.68 Å². The maximum absolute atomic E-state index is 12.1. The van der Waals surface area contributed by atoms with Gasteiger partial charge >= 0.3 is 0 Å². The minimum atomic E-state index is -0.526. The van der Waals surface area contributed by atoms with Gasteiger partial charge < -0.3 is 10.6 Å². The maximum atomic E-state index is 12.1. The molecule has 0 saturated heterocycles. The highest BCUT2D eigenvalue weighted by molar-refractivity contribution is 5.76. The summed E-state index contributed by atoms with van der Waals surface area (Å²) in [5.74, 6) is 0.103. The van der Waals surface area contributed by atoms with E-state index in [-0.39, 0.29) is 12.5 Å². The van der Waals surface area contributed by atoms with Crippen molar-refractivity contribution in [2.75, 3.05) is 6.54 Å². The largest absolute Gasteiger partial charge is 0.338 e. The molecule has 0 spiro atoms. The molecule has 1 fully saturated rings. The van der Waals surface area contributed by atoms with Gasteiger partial charge in [0.1, 0.15) is 12.2 Å². The van der Waals surface area contributed by atoms with Crippen LogP contribution in [0.25, 0.3) is 0 Å². The molecule has 1 saturated carbocycles. The number of nitrogens with zero attached hydrogens (tertiary/aromatic N) is 4. The molecule has 1 heterocycles. The van der Waals surface area contributed by atoms with Gasteiger partial charge in [0, 0.05) is 12.6 Å². The molecule has 1 aromatic rings. The third-order valence-corrected chi connectivity index (χ3v) is 3.14. The molecule has 1 aromatic heterocycles. The summed E-state index contributed by atoms with van der Waals surface area (Å²) < 4.78 is 1.57. The number of amides is 1. The highest BCUT2D eigenvalue weighted by Crippen LogP contribution is 2.26. The van der Waals surface area contributed by atoms with Crippen molar-refractivity contribution in [2.45, 2.75) is 51.7 Å². The van der Waals surface area contributed by atoms with Gasteiger partial charge in [0.05, 0.1) is 11.7 Å². The van der Waals surface area contributed by atoms with Crippen LogP contribution in [0.4, 0.5) is 0 Å². The number of carbonyl (C=O) groups excluding carboxylic acids is 1. The Hall–Kier alpha value is -1.43. The second kappa shape index (κ2) is 4.68. The lowest BCUT2D eigenvalue weighted by atomic mass is 10.0. The highest BCUT2D eigenvalue weighted by Gasteiger charge is 2.31. The molecule has 6 heteroatoms. The molecule has 0 aromatic carbocycles. The molecule has 18 heavy (non-hydrogen) atoms. The third-order valence-electron chi connectivity index (χ3n) is 3.14. The van der Waals surface area contributed by atoms with Crippen LogP contribution in [0.1, 0.15) is 39.3 Å². The standard InChI is InChI=1S/C12H21N5O/c1-4-17(9-5-6-9)11(18)8-16-7-10(14-15-16)12(2,3)13/h7,9H,4-6,8,13H2,1-3H3. The summed E-state index contributed by atoms with van der Waals surface area (Å²) in [5.41, 5.74) is 6.11. The Morgan fingerprint density at radius 2 is 2.28 bits per heavy atom. The molecular weight excluding hydrogens is 230 g/mol. The molecule has 0 bridgehead atoms. The molecule has 0 atom stereocenters. The smallest absolute Gasteiger partial charge is 0.244 e. The van der Waals surface area contributed by atoms with E-state index >= 15 is 0 Å². The second-order valence-corrected chi connectivity index (χ2v) is 5.43. The van der Waals surface area contributed by atoms with E-state index in [1.54, 1.807) is 10.9 Å². The number of carbonyl (C=O) groups is 1. The summed E-state index contributed by atoms with van der Waals surface area (Å²) in [4.78, 5) is 14.0.